The molecule has 2 rings (SSSR count). The summed E-state index contributed by atoms with van der Waals surface area (Å²) in [5, 5.41) is 0.941. The summed E-state index contributed by atoms with van der Waals surface area (Å²) in [6.45, 7) is 1.53. The van der Waals surface area contributed by atoms with Crippen molar-refractivity contribution in [2.24, 2.45) is 4.99 Å². The maximum atomic E-state index is 10.8. The van der Waals surface area contributed by atoms with E-state index in [-0.39, 0.29) is 5.91 Å². The van der Waals surface area contributed by atoms with Gasteiger partial charge in [0, 0.05) is 12.3 Å². The maximum Gasteiger partial charge on any atom is 0.267 e. The molecule has 10 heavy (non-hydrogen) atoms. The van der Waals surface area contributed by atoms with Crippen LogP contribution in [0.1, 0.15) is 6.42 Å². The molecule has 54 valence electrons. The van der Waals surface area contributed by atoms with Gasteiger partial charge in [-0.3, -0.25) is 4.79 Å². The number of carbonyl (C=O) groups excluding carboxylic acids is 1. The first-order valence-corrected chi connectivity index (χ1v) is 4.34. The normalized spacial score (nSPS) is 24.6. The largest absolute Gasteiger partial charge is 0.342 e. The fourth-order valence-corrected chi connectivity index (χ4v) is 2.12. The van der Waals surface area contributed by atoms with Gasteiger partial charge in [0.2, 0.25) is 0 Å². The van der Waals surface area contributed by atoms with Crippen molar-refractivity contribution in [2.75, 3.05) is 18.8 Å². The van der Waals surface area contributed by atoms with Gasteiger partial charge in [-0.15, -0.1) is 0 Å². The number of carbonyl (C=O) groups is 1. The molecule has 0 saturated carbocycles. The number of amides is 1. The SMILES string of the molecule is O=C1CN2CCCSC2=N1. The van der Waals surface area contributed by atoms with Gasteiger partial charge in [0.15, 0.2) is 5.17 Å². The number of hydrogen-bond donors (Lipinski definition) is 0. The van der Waals surface area contributed by atoms with Crippen LogP contribution in [0.5, 0.6) is 0 Å². The summed E-state index contributed by atoms with van der Waals surface area (Å²) in [4.78, 5) is 16.7. The van der Waals surface area contributed by atoms with Crippen LogP contribution in [0, 0.1) is 0 Å². The molecule has 2 aliphatic rings. The van der Waals surface area contributed by atoms with E-state index >= 15 is 0 Å². The first-order valence-electron chi connectivity index (χ1n) is 3.35. The molecule has 1 fully saturated rings. The van der Waals surface area contributed by atoms with Crippen LogP contribution in [0.3, 0.4) is 0 Å². The zero-order valence-corrected chi connectivity index (χ0v) is 6.36. The van der Waals surface area contributed by atoms with Gasteiger partial charge < -0.3 is 4.90 Å². The lowest BCUT2D eigenvalue weighted by atomic mass is 10.4. The van der Waals surface area contributed by atoms with Crippen LogP contribution in [0.4, 0.5) is 0 Å². The molecule has 1 saturated heterocycles. The van der Waals surface area contributed by atoms with Gasteiger partial charge in [0.25, 0.3) is 5.91 Å². The zero-order chi connectivity index (χ0) is 6.97. The summed E-state index contributed by atoms with van der Waals surface area (Å²) >= 11 is 1.69. The Hall–Kier alpha value is -0.510. The van der Waals surface area contributed by atoms with Crippen LogP contribution >= 0.6 is 11.8 Å². The average molecular weight is 156 g/mol. The molecule has 0 spiro atoms. The van der Waals surface area contributed by atoms with E-state index in [0.29, 0.717) is 6.54 Å². The van der Waals surface area contributed by atoms with Crippen molar-refractivity contribution < 1.29 is 4.79 Å². The third-order valence-corrected chi connectivity index (χ3v) is 2.72. The fraction of sp³-hybridized carbons (Fsp3) is 0.667. The van der Waals surface area contributed by atoms with E-state index in [4.69, 9.17) is 0 Å². The van der Waals surface area contributed by atoms with Crippen LogP contribution in [0.25, 0.3) is 0 Å². The molecule has 0 radical (unpaired) electrons. The van der Waals surface area contributed by atoms with Crippen LogP contribution in [0.2, 0.25) is 0 Å². The third kappa shape index (κ3) is 0.923. The van der Waals surface area contributed by atoms with Crippen LogP contribution < -0.4 is 0 Å². The van der Waals surface area contributed by atoms with E-state index in [1.165, 1.54) is 6.42 Å². The molecule has 0 aromatic rings. The first kappa shape index (κ1) is 6.22. The summed E-state index contributed by atoms with van der Waals surface area (Å²) in [6, 6.07) is 0. The monoisotopic (exact) mass is 156 g/mol. The van der Waals surface area contributed by atoms with Crippen molar-refractivity contribution in [2.45, 2.75) is 6.42 Å². The second-order valence-electron chi connectivity index (χ2n) is 2.41. The topological polar surface area (TPSA) is 32.7 Å². The quantitative estimate of drug-likeness (QED) is 0.506. The van der Waals surface area contributed by atoms with E-state index in [1.54, 1.807) is 11.8 Å². The molecule has 0 bridgehead atoms. The van der Waals surface area contributed by atoms with Gasteiger partial charge in [-0.2, -0.15) is 4.99 Å². The second kappa shape index (κ2) is 2.27. The Kier molecular flexibility index (Phi) is 1.41. The molecule has 0 aromatic carbocycles. The number of hydrogen-bond acceptors (Lipinski definition) is 3. The summed E-state index contributed by atoms with van der Waals surface area (Å²) in [5.41, 5.74) is 0. The predicted octanol–water partition coefficient (Wildman–Crippen LogP) is 0.322. The number of thioether (sulfide) groups is 1. The van der Waals surface area contributed by atoms with E-state index in [2.05, 4.69) is 9.89 Å². The lowest BCUT2D eigenvalue weighted by molar-refractivity contribution is -0.117. The highest BCUT2D eigenvalue weighted by Crippen LogP contribution is 2.20. The fourth-order valence-electron chi connectivity index (χ4n) is 1.16. The molecule has 0 aromatic heterocycles. The van der Waals surface area contributed by atoms with Crippen LogP contribution in [-0.4, -0.2) is 34.8 Å². The number of rotatable bonds is 0. The van der Waals surface area contributed by atoms with E-state index in [1.807, 2.05) is 0 Å². The predicted molar refractivity (Wildman–Crippen MR) is 41.1 cm³/mol. The molecule has 3 nitrogen and oxygen atoms in total. The summed E-state index contributed by atoms with van der Waals surface area (Å²) in [6.07, 6.45) is 1.18. The second-order valence-corrected chi connectivity index (χ2v) is 3.47. The number of fused-ring (bicyclic) bond motifs is 1. The lowest BCUT2D eigenvalue weighted by Crippen LogP contribution is -2.31. The van der Waals surface area contributed by atoms with Gasteiger partial charge in [-0.25, -0.2) is 0 Å². The highest BCUT2D eigenvalue weighted by atomic mass is 32.2. The Bertz CT molecular complexity index is 202. The molecule has 0 aliphatic carbocycles. The Morgan fingerprint density at radius 3 is 3.30 bits per heavy atom. The Morgan fingerprint density at radius 1 is 1.60 bits per heavy atom. The van der Waals surface area contributed by atoms with Crippen molar-refractivity contribution in [1.82, 2.24) is 4.90 Å². The molecule has 4 heteroatoms. The van der Waals surface area contributed by atoms with E-state index in [9.17, 15) is 4.79 Å². The average Bonchev–Trinajstić information content (AvgIpc) is 2.27. The summed E-state index contributed by atoms with van der Waals surface area (Å²) in [5.74, 6) is 1.13. The number of aliphatic imine (C=N–C) groups is 1. The van der Waals surface area contributed by atoms with Crippen molar-refractivity contribution in [1.29, 1.82) is 0 Å². The van der Waals surface area contributed by atoms with Gasteiger partial charge >= 0.3 is 0 Å². The minimum atomic E-state index is 0.0180. The molecule has 0 unspecified atom stereocenters. The minimum Gasteiger partial charge on any atom is -0.342 e. The third-order valence-electron chi connectivity index (χ3n) is 1.62. The summed E-state index contributed by atoms with van der Waals surface area (Å²) < 4.78 is 0. The van der Waals surface area contributed by atoms with Crippen molar-refractivity contribution in [3.05, 3.63) is 0 Å². The highest BCUT2D eigenvalue weighted by Gasteiger charge is 2.25. The molecule has 2 aliphatic heterocycles. The van der Waals surface area contributed by atoms with E-state index < -0.39 is 0 Å². The molecule has 0 N–H and O–H groups in total. The molecule has 2 heterocycles. The Morgan fingerprint density at radius 2 is 2.50 bits per heavy atom. The van der Waals surface area contributed by atoms with Crippen LogP contribution in [-0.2, 0) is 4.79 Å². The molecule has 0 atom stereocenters. The maximum absolute atomic E-state index is 10.8. The van der Waals surface area contributed by atoms with Crippen molar-refractivity contribution >= 4 is 22.8 Å². The molecular weight excluding hydrogens is 148 g/mol. The van der Waals surface area contributed by atoms with Gasteiger partial charge in [-0.1, -0.05) is 11.8 Å². The van der Waals surface area contributed by atoms with Gasteiger partial charge in [0.05, 0.1) is 0 Å². The van der Waals surface area contributed by atoms with Gasteiger partial charge in [0.1, 0.15) is 6.54 Å². The van der Waals surface area contributed by atoms with Gasteiger partial charge in [-0.05, 0) is 6.42 Å². The smallest absolute Gasteiger partial charge is 0.267 e. The summed E-state index contributed by atoms with van der Waals surface area (Å²) in [7, 11) is 0. The Labute approximate surface area is 63.5 Å². The standard InChI is InChI=1S/C6H8N2OS/c9-5-4-8-2-1-3-10-6(8)7-5/h1-4H2. The van der Waals surface area contributed by atoms with E-state index in [0.717, 1.165) is 17.5 Å². The first-order chi connectivity index (χ1) is 4.86. The molecular formula is C6H8N2OS. The highest BCUT2D eigenvalue weighted by molar-refractivity contribution is 8.13. The minimum absolute atomic E-state index is 0.0180. The molecule has 1 amide bonds. The lowest BCUT2D eigenvalue weighted by Gasteiger charge is -2.22. The zero-order valence-electron chi connectivity index (χ0n) is 5.54. The number of nitrogens with zero attached hydrogens (tertiary/aromatic N) is 2. The number of amidine groups is 1. The van der Waals surface area contributed by atoms with Crippen LogP contribution in [0.15, 0.2) is 4.99 Å². The van der Waals surface area contributed by atoms with Crippen molar-refractivity contribution in [3.63, 3.8) is 0 Å². The van der Waals surface area contributed by atoms with Crippen molar-refractivity contribution in [3.8, 4) is 0 Å². The Balaban J connectivity index is 2.17.